The van der Waals surface area contributed by atoms with Crippen molar-refractivity contribution in [3.8, 4) is 11.8 Å². The summed E-state index contributed by atoms with van der Waals surface area (Å²) in [7, 11) is -2.05. The molecule has 0 bridgehead atoms. The second-order valence-electron chi connectivity index (χ2n) is 10.2. The number of hydrogen-bond acceptors (Lipinski definition) is 2. The molecule has 3 heteroatoms. The second-order valence-corrected chi connectivity index (χ2v) is 15.6. The van der Waals surface area contributed by atoms with E-state index < -0.39 is 8.32 Å². The fourth-order valence-corrected chi connectivity index (χ4v) is 11.5. The third kappa shape index (κ3) is 3.97. The number of hydrogen-bond donors (Lipinski definition) is 0. The first-order chi connectivity index (χ1) is 12.0. The van der Waals surface area contributed by atoms with E-state index in [4.69, 9.17) is 4.43 Å². The van der Waals surface area contributed by atoms with E-state index in [1.54, 1.807) is 0 Å². The van der Waals surface area contributed by atoms with E-state index in [0.717, 1.165) is 32.1 Å². The summed E-state index contributed by atoms with van der Waals surface area (Å²) in [4.78, 5) is 13.1. The van der Waals surface area contributed by atoms with Gasteiger partial charge >= 0.3 is 0 Å². The number of carbonyl (C=O) groups excluding carboxylic acids is 1. The molecule has 1 saturated carbocycles. The molecule has 0 spiro atoms. The van der Waals surface area contributed by atoms with Crippen LogP contribution in [0.5, 0.6) is 0 Å². The van der Waals surface area contributed by atoms with Crippen molar-refractivity contribution in [1.82, 2.24) is 0 Å². The molecular weight excluding hydrogens is 336 g/mol. The van der Waals surface area contributed by atoms with Gasteiger partial charge in [-0.3, -0.25) is 4.79 Å². The molecule has 0 unspecified atom stereocenters. The van der Waals surface area contributed by atoms with E-state index >= 15 is 0 Å². The van der Waals surface area contributed by atoms with Crippen LogP contribution in [0, 0.1) is 29.1 Å². The summed E-state index contributed by atoms with van der Waals surface area (Å²) in [5, 5.41) is 0. The van der Waals surface area contributed by atoms with E-state index in [2.05, 4.69) is 67.2 Å². The van der Waals surface area contributed by atoms with Crippen molar-refractivity contribution in [2.24, 2.45) is 17.3 Å². The Morgan fingerprint density at radius 3 is 2.15 bits per heavy atom. The smallest absolute Gasteiger partial charge is 0.200 e. The van der Waals surface area contributed by atoms with Crippen LogP contribution in [-0.4, -0.2) is 20.2 Å². The lowest BCUT2D eigenvalue weighted by Gasteiger charge is -2.51. The van der Waals surface area contributed by atoms with Gasteiger partial charge in [0.15, 0.2) is 0 Å². The van der Waals surface area contributed by atoms with Crippen molar-refractivity contribution >= 4 is 14.1 Å². The van der Waals surface area contributed by atoms with Crippen LogP contribution in [0.2, 0.25) is 16.6 Å². The zero-order valence-corrected chi connectivity index (χ0v) is 19.3. The average molecular weight is 377 g/mol. The van der Waals surface area contributed by atoms with E-state index in [9.17, 15) is 4.79 Å². The fourth-order valence-electron chi connectivity index (χ4n) is 5.73. The highest BCUT2D eigenvalue weighted by Crippen LogP contribution is 2.49. The van der Waals surface area contributed by atoms with Crippen LogP contribution in [0.3, 0.4) is 0 Å². The Morgan fingerprint density at radius 1 is 1.04 bits per heavy atom. The van der Waals surface area contributed by atoms with Gasteiger partial charge < -0.3 is 4.43 Å². The van der Waals surface area contributed by atoms with Gasteiger partial charge in [-0.25, -0.2) is 0 Å². The number of fused-ring (bicyclic) bond motifs is 1. The Balaban J connectivity index is 2.52. The van der Waals surface area contributed by atoms with Gasteiger partial charge in [0.05, 0.1) is 6.10 Å². The third-order valence-electron chi connectivity index (χ3n) is 7.05. The predicted molar refractivity (Wildman–Crippen MR) is 113 cm³/mol. The molecule has 26 heavy (non-hydrogen) atoms. The molecule has 2 nitrogen and oxygen atoms in total. The Labute approximate surface area is 163 Å². The lowest BCUT2D eigenvalue weighted by atomic mass is 9.65. The van der Waals surface area contributed by atoms with Gasteiger partial charge in [-0.2, -0.15) is 0 Å². The molecule has 148 valence electrons. The normalized spacial score (nSPS) is 29.2. The minimum absolute atomic E-state index is 0.00812. The lowest BCUT2D eigenvalue weighted by molar-refractivity contribution is -0.135. The first kappa shape index (κ1) is 21.7. The number of rotatable bonds is 5. The summed E-state index contributed by atoms with van der Waals surface area (Å²) < 4.78 is 7.30. The average Bonchev–Trinajstić information content (AvgIpc) is 2.51. The van der Waals surface area contributed by atoms with Gasteiger partial charge in [0.25, 0.3) is 0 Å². The molecule has 2 aliphatic rings. The summed E-state index contributed by atoms with van der Waals surface area (Å²) in [6.07, 6.45) is 4.58. The van der Waals surface area contributed by atoms with Crippen LogP contribution in [0.25, 0.3) is 0 Å². The highest BCUT2D eigenvalue weighted by Gasteiger charge is 2.53. The Kier molecular flexibility index (Phi) is 6.84. The summed E-state index contributed by atoms with van der Waals surface area (Å²) >= 11 is 0. The molecule has 0 N–H and O–H groups in total. The highest BCUT2D eigenvalue weighted by molar-refractivity contribution is 6.77. The molecule has 1 fully saturated rings. The molecule has 2 rings (SSSR count). The van der Waals surface area contributed by atoms with Crippen LogP contribution in [-0.2, 0) is 9.22 Å². The molecule has 0 aromatic rings. The standard InChI is InChI=1S/C23H40O2Si/c1-16(2)26(17(3)4,18(5)6)25-22-21-19(13-11-14-20(21)24)12-9-10-15-23(22,7)8/h16-19,21-22H,11-15H2,1-8H3/t19-,21+,22-/m0/s1. The maximum absolute atomic E-state index is 13.1. The molecule has 0 saturated heterocycles. The highest BCUT2D eigenvalue weighted by atomic mass is 28.4. The molecule has 0 radical (unpaired) electrons. The van der Waals surface area contributed by atoms with Gasteiger partial charge in [0.1, 0.15) is 5.78 Å². The lowest BCUT2D eigenvalue weighted by Crippen LogP contribution is -2.57. The Hall–Kier alpha value is -0.593. The zero-order chi connectivity index (χ0) is 19.7. The van der Waals surface area contributed by atoms with Crippen LogP contribution in [0.4, 0.5) is 0 Å². The molecule has 0 amide bonds. The fraction of sp³-hybridized carbons (Fsp3) is 0.870. The number of Topliss-reactive ketones (excluding diaryl/α,β-unsaturated/α-hetero) is 1. The Bertz CT molecular complexity index is 543. The SMILES string of the molecule is CC(C)[Si](O[C@H]1[C@H]2C(=O)CCC[C@@H]2CC#CCC1(C)C)(C(C)C)C(C)C. The van der Waals surface area contributed by atoms with Gasteiger partial charge in [-0.1, -0.05) is 55.4 Å². The minimum Gasteiger partial charge on any atom is -0.412 e. The largest absolute Gasteiger partial charge is 0.412 e. The van der Waals surface area contributed by atoms with Crippen LogP contribution in [0.15, 0.2) is 0 Å². The van der Waals surface area contributed by atoms with Gasteiger partial charge in [-0.05, 0) is 35.4 Å². The molecule has 0 aromatic heterocycles. The molecule has 3 atom stereocenters. The van der Waals surface area contributed by atoms with Crippen LogP contribution >= 0.6 is 0 Å². The number of ketones is 1. The first-order valence-electron chi connectivity index (χ1n) is 10.7. The van der Waals surface area contributed by atoms with Crippen molar-refractivity contribution in [3.05, 3.63) is 0 Å². The zero-order valence-electron chi connectivity index (χ0n) is 18.3. The summed E-state index contributed by atoms with van der Waals surface area (Å²) in [5.74, 6) is 7.62. The third-order valence-corrected chi connectivity index (χ3v) is 13.1. The molecule has 2 aliphatic carbocycles. The summed E-state index contributed by atoms with van der Waals surface area (Å²) in [6.45, 7) is 18.6. The quantitative estimate of drug-likeness (QED) is 0.412. The monoisotopic (exact) mass is 376 g/mol. The predicted octanol–water partition coefficient (Wildman–Crippen LogP) is 6.36. The maximum atomic E-state index is 13.1. The minimum atomic E-state index is -2.05. The molecule has 0 aromatic carbocycles. The number of carbonyl (C=O) groups is 1. The van der Waals surface area contributed by atoms with Crippen molar-refractivity contribution < 1.29 is 9.22 Å². The maximum Gasteiger partial charge on any atom is 0.200 e. The molecular formula is C23H40O2Si. The van der Waals surface area contributed by atoms with Crippen LogP contribution < -0.4 is 0 Å². The topological polar surface area (TPSA) is 26.3 Å². The van der Waals surface area contributed by atoms with Crippen molar-refractivity contribution in [2.45, 2.75) is 110 Å². The van der Waals surface area contributed by atoms with Crippen LogP contribution in [0.1, 0.15) is 87.5 Å². The summed E-state index contributed by atoms with van der Waals surface area (Å²) in [5.41, 5.74) is 1.52. The molecule has 0 heterocycles. The van der Waals surface area contributed by atoms with Crippen molar-refractivity contribution in [1.29, 1.82) is 0 Å². The Morgan fingerprint density at radius 2 is 1.62 bits per heavy atom. The van der Waals surface area contributed by atoms with Gasteiger partial charge in [0, 0.05) is 30.6 Å². The molecule has 0 aliphatic heterocycles. The van der Waals surface area contributed by atoms with Gasteiger partial charge in [0.2, 0.25) is 8.32 Å². The van der Waals surface area contributed by atoms with Gasteiger partial charge in [-0.15, -0.1) is 11.8 Å². The van der Waals surface area contributed by atoms with E-state index in [0.29, 0.717) is 28.3 Å². The van der Waals surface area contributed by atoms with Crippen molar-refractivity contribution in [3.63, 3.8) is 0 Å². The van der Waals surface area contributed by atoms with E-state index in [1.165, 1.54) is 0 Å². The van der Waals surface area contributed by atoms with Crippen molar-refractivity contribution in [2.75, 3.05) is 0 Å². The first-order valence-corrected chi connectivity index (χ1v) is 12.8. The van der Waals surface area contributed by atoms with E-state index in [-0.39, 0.29) is 17.4 Å². The second kappa shape index (κ2) is 8.19. The van der Waals surface area contributed by atoms with E-state index in [1.807, 2.05) is 0 Å². The summed E-state index contributed by atoms with van der Waals surface area (Å²) in [6, 6.07) is 0.